The molecule has 0 saturated carbocycles. The van der Waals surface area contributed by atoms with Crippen molar-refractivity contribution in [3.05, 3.63) is 52.2 Å². The highest BCUT2D eigenvalue weighted by Crippen LogP contribution is 2.31. The molecule has 3 rings (SSSR count). The van der Waals surface area contributed by atoms with Crippen LogP contribution in [0.4, 0.5) is 10.1 Å². The fraction of sp³-hybridized carbons (Fsp3) is 0.235. The van der Waals surface area contributed by atoms with E-state index in [1.807, 2.05) is 5.38 Å². The van der Waals surface area contributed by atoms with Gasteiger partial charge < -0.3 is 5.32 Å². The van der Waals surface area contributed by atoms with Crippen molar-refractivity contribution in [2.75, 3.05) is 5.32 Å². The lowest BCUT2D eigenvalue weighted by Gasteiger charge is -2.06. The van der Waals surface area contributed by atoms with Crippen molar-refractivity contribution in [2.45, 2.75) is 20.3 Å². The van der Waals surface area contributed by atoms with Gasteiger partial charge in [0, 0.05) is 22.1 Å². The molecule has 2 heterocycles. The average molecular weight is 361 g/mol. The Labute approximate surface area is 147 Å². The smallest absolute Gasteiger partial charge is 0.275 e. The van der Waals surface area contributed by atoms with E-state index < -0.39 is 0 Å². The summed E-state index contributed by atoms with van der Waals surface area (Å²) in [7, 11) is 0. The number of hydrogen-bond donors (Lipinski definition) is 1. The molecule has 4 nitrogen and oxygen atoms in total. The highest BCUT2D eigenvalue weighted by molar-refractivity contribution is 7.20. The lowest BCUT2D eigenvalue weighted by atomic mass is 10.1. The van der Waals surface area contributed by atoms with Crippen LogP contribution in [0.25, 0.3) is 10.0 Å². The van der Waals surface area contributed by atoms with E-state index in [2.05, 4.69) is 29.1 Å². The molecule has 7 heteroatoms. The zero-order valence-electron chi connectivity index (χ0n) is 13.2. The van der Waals surface area contributed by atoms with E-state index in [0.29, 0.717) is 17.3 Å². The Kier molecular flexibility index (Phi) is 5.01. The summed E-state index contributed by atoms with van der Waals surface area (Å²) >= 11 is 3.00. The number of rotatable bonds is 5. The molecule has 3 aromatic rings. The number of carbonyl (C=O) groups excluding carboxylic acids is 1. The molecule has 0 fully saturated rings. The summed E-state index contributed by atoms with van der Waals surface area (Å²) in [6.07, 6.45) is 2.50. The van der Waals surface area contributed by atoms with E-state index in [0.717, 1.165) is 21.3 Å². The van der Waals surface area contributed by atoms with E-state index >= 15 is 0 Å². The number of anilines is 1. The predicted molar refractivity (Wildman–Crippen MR) is 96.1 cm³/mol. The molecule has 2 aromatic heterocycles. The largest absolute Gasteiger partial charge is 0.321 e. The van der Waals surface area contributed by atoms with E-state index in [-0.39, 0.29) is 11.7 Å². The molecule has 0 spiro atoms. The second-order valence-electron chi connectivity index (χ2n) is 5.69. The maximum Gasteiger partial charge on any atom is 0.275 e. The summed E-state index contributed by atoms with van der Waals surface area (Å²) < 4.78 is 13.0. The van der Waals surface area contributed by atoms with Crippen molar-refractivity contribution in [2.24, 2.45) is 5.92 Å². The summed E-state index contributed by atoms with van der Waals surface area (Å²) in [5.74, 6) is -0.212. The number of carbonyl (C=O) groups is 1. The fourth-order valence-corrected chi connectivity index (χ4v) is 4.13. The van der Waals surface area contributed by atoms with Crippen LogP contribution in [0.3, 0.4) is 0 Å². The minimum atomic E-state index is -0.340. The normalized spacial score (nSPS) is 11.0. The van der Waals surface area contributed by atoms with Crippen LogP contribution in [0.15, 0.2) is 35.8 Å². The summed E-state index contributed by atoms with van der Waals surface area (Å²) in [5.41, 5.74) is 0.962. The molecule has 0 radical (unpaired) electrons. The summed E-state index contributed by atoms with van der Waals surface area (Å²) in [5, 5.41) is 6.23. The van der Waals surface area contributed by atoms with Crippen LogP contribution in [0.1, 0.15) is 29.2 Å². The Morgan fingerprint density at radius 1 is 1.25 bits per heavy atom. The van der Waals surface area contributed by atoms with Crippen LogP contribution >= 0.6 is 22.7 Å². The number of nitrogens with one attached hydrogen (secondary N) is 1. The van der Waals surface area contributed by atoms with Gasteiger partial charge in [-0.25, -0.2) is 14.4 Å². The van der Waals surface area contributed by atoms with Gasteiger partial charge in [-0.15, -0.1) is 22.7 Å². The minimum absolute atomic E-state index is 0.281. The summed E-state index contributed by atoms with van der Waals surface area (Å²) in [6, 6.07) is 5.69. The lowest BCUT2D eigenvalue weighted by Crippen LogP contribution is -2.14. The number of thiazole rings is 2. The number of nitrogens with zero attached hydrogens (tertiary/aromatic N) is 2. The third-order valence-corrected chi connectivity index (χ3v) is 5.22. The predicted octanol–water partition coefficient (Wildman–Crippen LogP) is 4.86. The number of hydrogen-bond acceptors (Lipinski definition) is 5. The van der Waals surface area contributed by atoms with Crippen molar-refractivity contribution in [3.8, 4) is 10.0 Å². The number of benzene rings is 1. The SMILES string of the molecule is CC(C)Cc1sc(-c2nccs2)nc1C(=O)Nc1ccc(F)cc1. The zero-order valence-corrected chi connectivity index (χ0v) is 14.9. The van der Waals surface area contributed by atoms with Crippen molar-refractivity contribution >= 4 is 34.3 Å². The first-order valence-corrected chi connectivity index (χ1v) is 9.19. The second-order valence-corrected chi connectivity index (χ2v) is 7.67. The fourth-order valence-electron chi connectivity index (χ4n) is 2.18. The maximum atomic E-state index is 13.0. The van der Waals surface area contributed by atoms with Crippen LogP contribution < -0.4 is 5.32 Å². The van der Waals surface area contributed by atoms with Gasteiger partial charge in [0.05, 0.1) is 0 Å². The van der Waals surface area contributed by atoms with Crippen molar-refractivity contribution in [1.29, 1.82) is 0 Å². The van der Waals surface area contributed by atoms with Crippen molar-refractivity contribution in [1.82, 2.24) is 9.97 Å². The van der Waals surface area contributed by atoms with E-state index in [1.165, 1.54) is 46.9 Å². The molecule has 0 bridgehead atoms. The molecule has 1 N–H and O–H groups in total. The topological polar surface area (TPSA) is 54.9 Å². The quantitative estimate of drug-likeness (QED) is 0.706. The molecule has 1 amide bonds. The maximum absolute atomic E-state index is 13.0. The third-order valence-electron chi connectivity index (χ3n) is 3.22. The highest BCUT2D eigenvalue weighted by Gasteiger charge is 2.20. The molecule has 0 aliphatic heterocycles. The highest BCUT2D eigenvalue weighted by atomic mass is 32.1. The standard InChI is InChI=1S/C17H16FN3OS2/c1-10(2)9-13-14(21-17(24-13)16-19-7-8-23-16)15(22)20-12-5-3-11(18)4-6-12/h3-8,10H,9H2,1-2H3,(H,20,22). The van der Waals surface area contributed by atoms with Crippen molar-refractivity contribution in [3.63, 3.8) is 0 Å². The Morgan fingerprint density at radius 2 is 2.00 bits per heavy atom. The first kappa shape index (κ1) is 16.7. The van der Waals surface area contributed by atoms with E-state index in [9.17, 15) is 9.18 Å². The molecule has 0 saturated heterocycles. The first-order valence-electron chi connectivity index (χ1n) is 7.49. The van der Waals surface area contributed by atoms with Crippen molar-refractivity contribution < 1.29 is 9.18 Å². The Balaban J connectivity index is 1.89. The lowest BCUT2D eigenvalue weighted by molar-refractivity contribution is 0.102. The molecular formula is C17H16FN3OS2. The number of amides is 1. The molecule has 24 heavy (non-hydrogen) atoms. The molecule has 0 aliphatic carbocycles. The average Bonchev–Trinajstić information content (AvgIpc) is 3.18. The van der Waals surface area contributed by atoms with Gasteiger partial charge in [-0.3, -0.25) is 4.79 Å². The van der Waals surface area contributed by atoms with Gasteiger partial charge in [-0.2, -0.15) is 0 Å². The van der Waals surface area contributed by atoms with Crippen LogP contribution in [-0.2, 0) is 6.42 Å². The number of aromatic nitrogens is 2. The molecule has 124 valence electrons. The molecule has 0 aliphatic rings. The van der Waals surface area contributed by atoms with E-state index in [4.69, 9.17) is 0 Å². The van der Waals surface area contributed by atoms with Crippen LogP contribution in [-0.4, -0.2) is 15.9 Å². The van der Waals surface area contributed by atoms with Crippen LogP contribution in [0.5, 0.6) is 0 Å². The third kappa shape index (κ3) is 3.85. The molecule has 0 atom stereocenters. The Morgan fingerprint density at radius 3 is 2.62 bits per heavy atom. The van der Waals surface area contributed by atoms with Gasteiger partial charge in [0.1, 0.15) is 11.5 Å². The number of halogens is 1. The summed E-state index contributed by atoms with van der Waals surface area (Å²) in [4.78, 5) is 22.3. The molecule has 0 unspecified atom stereocenters. The van der Waals surface area contributed by atoms with Gasteiger partial charge in [0.15, 0.2) is 10.0 Å². The van der Waals surface area contributed by atoms with Gasteiger partial charge in [-0.05, 0) is 36.6 Å². The first-order chi connectivity index (χ1) is 11.5. The second kappa shape index (κ2) is 7.19. The van der Waals surface area contributed by atoms with E-state index in [1.54, 1.807) is 6.20 Å². The zero-order chi connectivity index (χ0) is 17.1. The van der Waals surface area contributed by atoms with Gasteiger partial charge in [0.2, 0.25) is 0 Å². The Bertz CT molecular complexity index is 826. The molecule has 1 aromatic carbocycles. The van der Waals surface area contributed by atoms with Crippen LogP contribution in [0, 0.1) is 11.7 Å². The van der Waals surface area contributed by atoms with Gasteiger partial charge >= 0.3 is 0 Å². The van der Waals surface area contributed by atoms with Crippen LogP contribution in [0.2, 0.25) is 0 Å². The minimum Gasteiger partial charge on any atom is -0.321 e. The summed E-state index contributed by atoms with van der Waals surface area (Å²) in [6.45, 7) is 4.20. The monoisotopic (exact) mass is 361 g/mol. The Hall–Kier alpha value is -2.12. The molecular weight excluding hydrogens is 345 g/mol. The van der Waals surface area contributed by atoms with Gasteiger partial charge in [0.25, 0.3) is 5.91 Å². The van der Waals surface area contributed by atoms with Gasteiger partial charge in [-0.1, -0.05) is 13.8 Å².